The third-order valence-corrected chi connectivity index (χ3v) is 3.48. The number of nitrogens with zero attached hydrogens (tertiary/aromatic N) is 2. The number of nitriles is 1. The van der Waals surface area contributed by atoms with Gasteiger partial charge < -0.3 is 10.2 Å². The molecule has 2 rings (SSSR count). The van der Waals surface area contributed by atoms with E-state index in [2.05, 4.69) is 27.3 Å². The molecule has 0 bridgehead atoms. The van der Waals surface area contributed by atoms with Crippen LogP contribution in [0.5, 0.6) is 0 Å². The van der Waals surface area contributed by atoms with E-state index in [4.69, 9.17) is 5.26 Å². The van der Waals surface area contributed by atoms with Crippen molar-refractivity contribution in [1.29, 1.82) is 5.26 Å². The van der Waals surface area contributed by atoms with Gasteiger partial charge in [0.1, 0.15) is 6.07 Å². The molecule has 94 valence electrons. The molecule has 2 amide bonds. The molecular weight excluding hydrogens is 294 g/mol. The van der Waals surface area contributed by atoms with Gasteiger partial charge in [-0.1, -0.05) is 15.9 Å². The number of halogens is 1. The van der Waals surface area contributed by atoms with E-state index in [0.717, 1.165) is 30.4 Å². The van der Waals surface area contributed by atoms with Crippen LogP contribution in [0.1, 0.15) is 24.8 Å². The van der Waals surface area contributed by atoms with Crippen molar-refractivity contribution in [2.45, 2.75) is 19.3 Å². The summed E-state index contributed by atoms with van der Waals surface area (Å²) in [5.74, 6) is 0. The Hall–Kier alpha value is -1.54. The fourth-order valence-corrected chi connectivity index (χ4v) is 2.37. The van der Waals surface area contributed by atoms with Crippen molar-refractivity contribution in [3.8, 4) is 6.07 Å². The predicted molar refractivity (Wildman–Crippen MR) is 73.3 cm³/mol. The van der Waals surface area contributed by atoms with Gasteiger partial charge in [0, 0.05) is 17.6 Å². The molecule has 1 fully saturated rings. The first-order chi connectivity index (χ1) is 8.70. The zero-order valence-corrected chi connectivity index (χ0v) is 11.5. The molecule has 0 atom stereocenters. The van der Waals surface area contributed by atoms with Crippen molar-refractivity contribution in [3.05, 3.63) is 28.2 Å². The van der Waals surface area contributed by atoms with Gasteiger partial charge in [-0.2, -0.15) is 5.26 Å². The van der Waals surface area contributed by atoms with Crippen LogP contribution in [-0.4, -0.2) is 24.0 Å². The molecular formula is C13H14BrN3O. The number of piperidine rings is 1. The highest BCUT2D eigenvalue weighted by atomic mass is 79.9. The quantitative estimate of drug-likeness (QED) is 0.865. The maximum Gasteiger partial charge on any atom is 0.321 e. The second kappa shape index (κ2) is 5.87. The summed E-state index contributed by atoms with van der Waals surface area (Å²) in [5, 5.41) is 11.8. The Morgan fingerprint density at radius 3 is 2.72 bits per heavy atom. The number of rotatable bonds is 1. The highest BCUT2D eigenvalue weighted by molar-refractivity contribution is 9.10. The van der Waals surface area contributed by atoms with E-state index in [-0.39, 0.29) is 6.03 Å². The molecule has 4 nitrogen and oxygen atoms in total. The summed E-state index contributed by atoms with van der Waals surface area (Å²) >= 11 is 3.34. The molecule has 0 spiro atoms. The smallest absolute Gasteiger partial charge is 0.321 e. The van der Waals surface area contributed by atoms with E-state index < -0.39 is 0 Å². The Morgan fingerprint density at radius 1 is 1.33 bits per heavy atom. The molecule has 1 saturated heterocycles. The van der Waals surface area contributed by atoms with Gasteiger partial charge in [0.2, 0.25) is 0 Å². The van der Waals surface area contributed by atoms with Crippen LogP contribution in [0.4, 0.5) is 10.5 Å². The second-order valence-electron chi connectivity index (χ2n) is 4.28. The average molecular weight is 308 g/mol. The van der Waals surface area contributed by atoms with Crippen LogP contribution in [0.25, 0.3) is 0 Å². The lowest BCUT2D eigenvalue weighted by Gasteiger charge is -2.27. The van der Waals surface area contributed by atoms with Crippen molar-refractivity contribution in [3.63, 3.8) is 0 Å². The van der Waals surface area contributed by atoms with Crippen molar-refractivity contribution in [2.75, 3.05) is 18.4 Å². The zero-order chi connectivity index (χ0) is 13.0. The Labute approximate surface area is 115 Å². The molecule has 0 aliphatic carbocycles. The van der Waals surface area contributed by atoms with Crippen LogP contribution in [0, 0.1) is 11.3 Å². The summed E-state index contributed by atoms with van der Waals surface area (Å²) in [6, 6.07) is 7.18. The second-order valence-corrected chi connectivity index (χ2v) is 5.20. The third kappa shape index (κ3) is 3.02. The molecule has 1 heterocycles. The Balaban J connectivity index is 2.11. The minimum Gasteiger partial charge on any atom is -0.325 e. The van der Waals surface area contributed by atoms with E-state index in [9.17, 15) is 4.79 Å². The number of likely N-dealkylation sites (tertiary alicyclic amines) is 1. The summed E-state index contributed by atoms with van der Waals surface area (Å²) in [6.07, 6.45) is 3.29. The highest BCUT2D eigenvalue weighted by Crippen LogP contribution is 2.21. The lowest BCUT2D eigenvalue weighted by Crippen LogP contribution is -2.38. The molecule has 0 aromatic heterocycles. The van der Waals surface area contributed by atoms with E-state index in [1.54, 1.807) is 23.1 Å². The van der Waals surface area contributed by atoms with Gasteiger partial charge in [0.25, 0.3) is 0 Å². The van der Waals surface area contributed by atoms with Gasteiger partial charge in [0.15, 0.2) is 0 Å². The first-order valence-electron chi connectivity index (χ1n) is 5.96. The molecule has 1 aromatic rings. The number of amides is 2. The number of urea groups is 1. The van der Waals surface area contributed by atoms with Crippen molar-refractivity contribution in [2.24, 2.45) is 0 Å². The minimum absolute atomic E-state index is 0.121. The summed E-state index contributed by atoms with van der Waals surface area (Å²) in [6.45, 7) is 1.59. The maximum atomic E-state index is 12.0. The maximum absolute atomic E-state index is 12.0. The lowest BCUT2D eigenvalue weighted by molar-refractivity contribution is 0.200. The summed E-state index contributed by atoms with van der Waals surface area (Å²) in [7, 11) is 0. The topological polar surface area (TPSA) is 56.1 Å². The Morgan fingerprint density at radius 2 is 2.06 bits per heavy atom. The molecule has 1 aromatic carbocycles. The average Bonchev–Trinajstić information content (AvgIpc) is 2.40. The minimum atomic E-state index is -0.121. The first kappa shape index (κ1) is 12.9. The molecule has 1 N–H and O–H groups in total. The number of carbonyl (C=O) groups excluding carboxylic acids is 1. The Kier molecular flexibility index (Phi) is 4.21. The standard InChI is InChI=1S/C13H14BrN3O/c14-11-5-4-10(9-15)12(8-11)16-13(18)17-6-2-1-3-7-17/h4-5,8H,1-3,6-7H2,(H,16,18). The fourth-order valence-electron chi connectivity index (χ4n) is 2.01. The number of benzene rings is 1. The molecule has 18 heavy (non-hydrogen) atoms. The number of hydrogen-bond donors (Lipinski definition) is 1. The summed E-state index contributed by atoms with van der Waals surface area (Å²) in [5.41, 5.74) is 1.03. The molecule has 1 aliphatic heterocycles. The van der Waals surface area contributed by atoms with Crippen molar-refractivity contribution >= 4 is 27.6 Å². The van der Waals surface area contributed by atoms with Gasteiger partial charge in [-0.15, -0.1) is 0 Å². The first-order valence-corrected chi connectivity index (χ1v) is 6.75. The van der Waals surface area contributed by atoms with Crippen molar-refractivity contribution < 1.29 is 4.79 Å². The largest absolute Gasteiger partial charge is 0.325 e. The van der Waals surface area contributed by atoms with E-state index >= 15 is 0 Å². The van der Waals surface area contributed by atoms with Crippen molar-refractivity contribution in [1.82, 2.24) is 4.90 Å². The predicted octanol–water partition coefficient (Wildman–Crippen LogP) is 3.34. The summed E-state index contributed by atoms with van der Waals surface area (Å²) < 4.78 is 0.843. The molecule has 0 unspecified atom stereocenters. The van der Waals surface area contributed by atoms with Crippen LogP contribution >= 0.6 is 15.9 Å². The van der Waals surface area contributed by atoms with Gasteiger partial charge in [0.05, 0.1) is 11.3 Å². The Bertz CT molecular complexity index is 489. The molecule has 0 saturated carbocycles. The number of anilines is 1. The van der Waals surface area contributed by atoms with E-state index in [0.29, 0.717) is 11.3 Å². The number of hydrogen-bond acceptors (Lipinski definition) is 2. The lowest BCUT2D eigenvalue weighted by atomic mass is 10.1. The number of carbonyl (C=O) groups is 1. The SMILES string of the molecule is N#Cc1ccc(Br)cc1NC(=O)N1CCCCC1. The van der Waals surface area contributed by atoms with E-state index in [1.165, 1.54) is 6.42 Å². The fraction of sp³-hybridized carbons (Fsp3) is 0.385. The van der Waals surface area contributed by atoms with Gasteiger partial charge in [-0.25, -0.2) is 4.79 Å². The highest BCUT2D eigenvalue weighted by Gasteiger charge is 2.17. The molecule has 1 aliphatic rings. The van der Waals surface area contributed by atoms with Gasteiger partial charge >= 0.3 is 6.03 Å². The van der Waals surface area contributed by atoms with Crippen LogP contribution in [0.3, 0.4) is 0 Å². The monoisotopic (exact) mass is 307 g/mol. The van der Waals surface area contributed by atoms with Crippen LogP contribution in [0.2, 0.25) is 0 Å². The number of nitrogens with one attached hydrogen (secondary N) is 1. The van der Waals surface area contributed by atoms with Gasteiger partial charge in [-0.05, 0) is 37.5 Å². The third-order valence-electron chi connectivity index (χ3n) is 2.99. The van der Waals surface area contributed by atoms with Crippen LogP contribution in [-0.2, 0) is 0 Å². The normalized spacial score (nSPS) is 15.0. The van der Waals surface area contributed by atoms with E-state index in [1.807, 2.05) is 0 Å². The molecule has 5 heteroatoms. The van der Waals surface area contributed by atoms with Crippen LogP contribution in [0.15, 0.2) is 22.7 Å². The van der Waals surface area contributed by atoms with Gasteiger partial charge in [-0.3, -0.25) is 0 Å². The zero-order valence-electron chi connectivity index (χ0n) is 9.95. The van der Waals surface area contributed by atoms with Crippen LogP contribution < -0.4 is 5.32 Å². The molecule has 0 radical (unpaired) electrons. The summed E-state index contributed by atoms with van der Waals surface area (Å²) in [4.78, 5) is 13.8.